The van der Waals surface area contributed by atoms with Gasteiger partial charge >= 0.3 is 5.97 Å². The van der Waals surface area contributed by atoms with Crippen molar-refractivity contribution in [3.8, 4) is 11.8 Å². The van der Waals surface area contributed by atoms with Gasteiger partial charge in [0.05, 0.1) is 12.0 Å². The zero-order chi connectivity index (χ0) is 19.4. The minimum atomic E-state index is -0.755. The van der Waals surface area contributed by atoms with Crippen LogP contribution < -0.4 is 0 Å². The maximum atomic E-state index is 10.8. The lowest BCUT2D eigenvalue weighted by molar-refractivity contribution is -0.136. The maximum absolute atomic E-state index is 10.8. The van der Waals surface area contributed by atoms with Crippen LogP contribution in [0.2, 0.25) is 0 Å². The molecule has 0 aromatic rings. The molecule has 0 bridgehead atoms. The summed E-state index contributed by atoms with van der Waals surface area (Å²) in [5, 5.41) is 29.7. The van der Waals surface area contributed by atoms with Crippen molar-refractivity contribution in [2.75, 3.05) is 0 Å². The van der Waals surface area contributed by atoms with E-state index < -0.39 is 18.2 Å². The van der Waals surface area contributed by atoms with Gasteiger partial charge in [-0.25, -0.2) is 0 Å². The standard InChI is InChI=1S/C23H34O4/c1-2-17-18(8-5-9-22(26)27)19-12-13-21(25)20(23(17)19)11-10-16(24)14-15-6-3-4-7-15/h8,15-17,19-21,23-25H,2-7,9,12-14H2,1H3,(H,26,27)/t16?,17?,19-,20+,21-,23+/m1/s1. The average Bonchev–Trinajstić information content (AvgIpc) is 3.11. The highest BCUT2D eigenvalue weighted by atomic mass is 16.4. The van der Waals surface area contributed by atoms with E-state index in [1.165, 1.54) is 31.3 Å². The first-order valence-electron chi connectivity index (χ1n) is 10.8. The fraction of sp³-hybridized carbons (Fsp3) is 0.783. The number of rotatable bonds is 6. The molecule has 27 heavy (non-hydrogen) atoms. The normalized spacial score (nSPS) is 35.8. The molecule has 6 atom stereocenters. The molecule has 2 unspecified atom stereocenters. The molecule has 3 aliphatic rings. The van der Waals surface area contributed by atoms with Crippen molar-refractivity contribution < 1.29 is 20.1 Å². The van der Waals surface area contributed by atoms with Gasteiger partial charge in [-0.3, -0.25) is 4.79 Å². The van der Waals surface area contributed by atoms with E-state index in [4.69, 9.17) is 5.11 Å². The fourth-order valence-electron chi connectivity index (χ4n) is 5.71. The van der Waals surface area contributed by atoms with Gasteiger partial charge in [0.2, 0.25) is 0 Å². The van der Waals surface area contributed by atoms with Gasteiger partial charge in [0.1, 0.15) is 6.10 Å². The van der Waals surface area contributed by atoms with E-state index >= 15 is 0 Å². The number of hydrogen-bond acceptors (Lipinski definition) is 3. The zero-order valence-electron chi connectivity index (χ0n) is 16.4. The van der Waals surface area contributed by atoms with Gasteiger partial charge < -0.3 is 15.3 Å². The van der Waals surface area contributed by atoms with Crippen LogP contribution in [0, 0.1) is 41.4 Å². The van der Waals surface area contributed by atoms with Gasteiger partial charge in [0.25, 0.3) is 0 Å². The van der Waals surface area contributed by atoms with Crippen molar-refractivity contribution >= 4 is 5.97 Å². The molecule has 3 saturated carbocycles. The number of allylic oxidation sites excluding steroid dienone is 2. The van der Waals surface area contributed by atoms with Gasteiger partial charge in [0.15, 0.2) is 0 Å². The minimum Gasteiger partial charge on any atom is -0.481 e. The van der Waals surface area contributed by atoms with Gasteiger partial charge in [-0.15, -0.1) is 0 Å². The fourth-order valence-corrected chi connectivity index (χ4v) is 5.71. The highest BCUT2D eigenvalue weighted by molar-refractivity contribution is 5.66. The van der Waals surface area contributed by atoms with E-state index in [0.29, 0.717) is 30.1 Å². The third-order valence-electron chi connectivity index (χ3n) is 7.01. The molecule has 0 aliphatic heterocycles. The van der Waals surface area contributed by atoms with E-state index in [1.54, 1.807) is 0 Å². The predicted octanol–water partition coefficient (Wildman–Crippen LogP) is 3.77. The van der Waals surface area contributed by atoms with Crippen molar-refractivity contribution in [2.24, 2.45) is 29.6 Å². The Labute approximate surface area is 163 Å². The van der Waals surface area contributed by atoms with Crippen LogP contribution in [0.25, 0.3) is 0 Å². The molecule has 3 N–H and O–H groups in total. The molecule has 0 aromatic heterocycles. The number of aliphatic carboxylic acids is 1. The van der Waals surface area contributed by atoms with E-state index in [0.717, 1.165) is 25.7 Å². The number of carboxylic acids is 1. The maximum Gasteiger partial charge on any atom is 0.303 e. The smallest absolute Gasteiger partial charge is 0.303 e. The third-order valence-corrected chi connectivity index (χ3v) is 7.01. The number of carbonyl (C=O) groups is 1. The monoisotopic (exact) mass is 374 g/mol. The van der Waals surface area contributed by atoms with Crippen LogP contribution in [0.15, 0.2) is 11.6 Å². The summed E-state index contributed by atoms with van der Waals surface area (Å²) in [6, 6.07) is 0. The van der Waals surface area contributed by atoms with Crippen LogP contribution in [0.1, 0.15) is 71.1 Å². The Morgan fingerprint density at radius 1 is 1.26 bits per heavy atom. The average molecular weight is 375 g/mol. The van der Waals surface area contributed by atoms with Gasteiger partial charge in [-0.2, -0.15) is 0 Å². The summed E-state index contributed by atoms with van der Waals surface area (Å²) in [7, 11) is 0. The second-order valence-electron chi connectivity index (χ2n) is 8.70. The molecular weight excluding hydrogens is 340 g/mol. The lowest BCUT2D eigenvalue weighted by Gasteiger charge is -2.54. The number of carboxylic acid groups (broad SMARTS) is 1. The molecule has 0 aromatic carbocycles. The van der Waals surface area contributed by atoms with E-state index in [2.05, 4.69) is 24.8 Å². The van der Waals surface area contributed by atoms with E-state index in [-0.39, 0.29) is 12.3 Å². The van der Waals surface area contributed by atoms with E-state index in [9.17, 15) is 15.0 Å². The molecule has 4 heteroatoms. The topological polar surface area (TPSA) is 77.8 Å². The number of hydrogen-bond donors (Lipinski definition) is 3. The molecule has 3 fully saturated rings. The summed E-state index contributed by atoms with van der Waals surface area (Å²) in [4.78, 5) is 10.8. The summed E-state index contributed by atoms with van der Waals surface area (Å²) < 4.78 is 0. The first-order chi connectivity index (χ1) is 13.0. The Bertz CT molecular complexity index is 600. The molecule has 4 nitrogen and oxygen atoms in total. The second kappa shape index (κ2) is 9.26. The second-order valence-corrected chi connectivity index (χ2v) is 8.70. The highest BCUT2D eigenvalue weighted by Gasteiger charge is 2.52. The summed E-state index contributed by atoms with van der Waals surface area (Å²) in [6.45, 7) is 2.16. The molecule has 0 spiro atoms. The summed E-state index contributed by atoms with van der Waals surface area (Å²) in [5.41, 5.74) is 1.38. The lowest BCUT2D eigenvalue weighted by Crippen LogP contribution is -2.50. The minimum absolute atomic E-state index is 0.0662. The Hall–Kier alpha value is -1.31. The molecule has 0 saturated heterocycles. The quantitative estimate of drug-likeness (QED) is 0.489. The Morgan fingerprint density at radius 2 is 2.00 bits per heavy atom. The van der Waals surface area contributed by atoms with Crippen molar-refractivity contribution in [2.45, 2.75) is 83.3 Å². The zero-order valence-corrected chi connectivity index (χ0v) is 16.4. The summed E-state index contributed by atoms with van der Waals surface area (Å²) in [6.07, 6.45) is 10.3. The number of aliphatic hydroxyl groups excluding tert-OH is 2. The summed E-state index contributed by atoms with van der Waals surface area (Å²) in [5.74, 6) is 7.28. The van der Waals surface area contributed by atoms with Crippen LogP contribution in [-0.2, 0) is 4.79 Å². The first kappa shape index (κ1) is 20.4. The Balaban J connectivity index is 1.65. The number of aliphatic hydroxyl groups is 2. The molecule has 0 amide bonds. The van der Waals surface area contributed by atoms with Crippen LogP contribution >= 0.6 is 0 Å². The predicted molar refractivity (Wildman–Crippen MR) is 105 cm³/mol. The van der Waals surface area contributed by atoms with Crippen molar-refractivity contribution in [3.05, 3.63) is 11.6 Å². The van der Waals surface area contributed by atoms with Gasteiger partial charge in [0, 0.05) is 6.42 Å². The van der Waals surface area contributed by atoms with Crippen LogP contribution in [-0.4, -0.2) is 33.5 Å². The van der Waals surface area contributed by atoms with Crippen molar-refractivity contribution in [1.29, 1.82) is 0 Å². The number of fused-ring (bicyclic) bond motifs is 1. The molecule has 3 rings (SSSR count). The molecule has 0 heterocycles. The lowest BCUT2D eigenvalue weighted by atomic mass is 9.50. The van der Waals surface area contributed by atoms with Crippen LogP contribution in [0.3, 0.4) is 0 Å². The molecule has 3 aliphatic carbocycles. The molecule has 150 valence electrons. The largest absolute Gasteiger partial charge is 0.481 e. The Morgan fingerprint density at radius 3 is 2.67 bits per heavy atom. The van der Waals surface area contributed by atoms with E-state index in [1.807, 2.05) is 0 Å². The van der Waals surface area contributed by atoms with Crippen LogP contribution in [0.4, 0.5) is 0 Å². The Kier molecular flexibility index (Phi) is 7.00. The van der Waals surface area contributed by atoms with Crippen LogP contribution in [0.5, 0.6) is 0 Å². The van der Waals surface area contributed by atoms with Gasteiger partial charge in [-0.05, 0) is 55.8 Å². The molecule has 0 radical (unpaired) electrons. The molecular formula is C23H34O4. The summed E-state index contributed by atoms with van der Waals surface area (Å²) >= 11 is 0. The van der Waals surface area contributed by atoms with Crippen molar-refractivity contribution in [1.82, 2.24) is 0 Å². The van der Waals surface area contributed by atoms with Gasteiger partial charge in [-0.1, -0.05) is 56.1 Å². The van der Waals surface area contributed by atoms with Crippen molar-refractivity contribution in [3.63, 3.8) is 0 Å². The SMILES string of the molecule is CCC1C(=CCCC(=O)O)[C@H]2CC[C@@H](O)[C@H](C#CC(O)CC3CCCC3)[C@@H]12. The third kappa shape index (κ3) is 4.76. The highest BCUT2D eigenvalue weighted by Crippen LogP contribution is 2.57. The first-order valence-corrected chi connectivity index (χ1v) is 10.8.